The summed E-state index contributed by atoms with van der Waals surface area (Å²) in [6, 6.07) is 0. The number of likely N-dealkylation sites (tertiary alicyclic amines) is 1. The monoisotopic (exact) mass is 196 g/mol. The maximum Gasteiger partial charge on any atom is 0.245 e. The number of carbonyl (C=O) groups is 1. The summed E-state index contributed by atoms with van der Waals surface area (Å²) in [5.41, 5.74) is 0.415. The number of hydrogen-bond donors (Lipinski definition) is 1. The Morgan fingerprint density at radius 1 is 1.50 bits per heavy atom. The molecule has 0 radical (unpaired) electrons. The molecule has 0 aliphatic carbocycles. The van der Waals surface area contributed by atoms with Gasteiger partial charge in [0.25, 0.3) is 0 Å². The number of amides is 1. The van der Waals surface area contributed by atoms with E-state index in [1.807, 2.05) is 18.7 Å². The van der Waals surface area contributed by atoms with Gasteiger partial charge in [0.15, 0.2) is 0 Å². The SMILES string of the molecule is C=CC(=O)N1CC2(CCNC2)C1.CC. The van der Waals surface area contributed by atoms with E-state index in [2.05, 4.69) is 11.9 Å². The fourth-order valence-electron chi connectivity index (χ4n) is 2.11. The third-order valence-corrected chi connectivity index (χ3v) is 2.87. The van der Waals surface area contributed by atoms with Crippen LogP contribution in [0.1, 0.15) is 20.3 Å². The minimum Gasteiger partial charge on any atom is -0.338 e. The van der Waals surface area contributed by atoms with Crippen LogP contribution in [0.4, 0.5) is 0 Å². The Bertz CT molecular complexity index is 211. The Morgan fingerprint density at radius 3 is 2.57 bits per heavy atom. The summed E-state index contributed by atoms with van der Waals surface area (Å²) in [6.45, 7) is 11.5. The lowest BCUT2D eigenvalue weighted by atomic mass is 9.79. The summed E-state index contributed by atoms with van der Waals surface area (Å²) in [5.74, 6) is 0.0764. The van der Waals surface area contributed by atoms with Crippen LogP contribution in [-0.4, -0.2) is 37.0 Å². The lowest BCUT2D eigenvalue weighted by Crippen LogP contribution is -2.58. The van der Waals surface area contributed by atoms with Crippen molar-refractivity contribution in [1.82, 2.24) is 10.2 Å². The quantitative estimate of drug-likeness (QED) is 0.635. The first-order valence-electron chi connectivity index (χ1n) is 5.38. The van der Waals surface area contributed by atoms with E-state index >= 15 is 0 Å². The summed E-state index contributed by atoms with van der Waals surface area (Å²) >= 11 is 0. The first-order valence-corrected chi connectivity index (χ1v) is 5.38. The average molecular weight is 196 g/mol. The van der Waals surface area contributed by atoms with Crippen molar-refractivity contribution < 1.29 is 4.79 Å². The van der Waals surface area contributed by atoms with E-state index in [0.29, 0.717) is 5.41 Å². The van der Waals surface area contributed by atoms with Gasteiger partial charge in [-0.25, -0.2) is 0 Å². The van der Waals surface area contributed by atoms with Crippen molar-refractivity contribution in [2.24, 2.45) is 5.41 Å². The van der Waals surface area contributed by atoms with Crippen molar-refractivity contribution in [2.75, 3.05) is 26.2 Å². The molecule has 2 saturated heterocycles. The van der Waals surface area contributed by atoms with Crippen LogP contribution >= 0.6 is 0 Å². The van der Waals surface area contributed by atoms with Gasteiger partial charge >= 0.3 is 0 Å². The summed E-state index contributed by atoms with van der Waals surface area (Å²) in [4.78, 5) is 13.0. The van der Waals surface area contributed by atoms with E-state index in [4.69, 9.17) is 0 Å². The zero-order chi connectivity index (χ0) is 10.6. The second kappa shape index (κ2) is 4.60. The number of nitrogens with zero attached hydrogens (tertiary/aromatic N) is 1. The van der Waals surface area contributed by atoms with Gasteiger partial charge in [-0.2, -0.15) is 0 Å². The van der Waals surface area contributed by atoms with Crippen molar-refractivity contribution in [3.05, 3.63) is 12.7 Å². The van der Waals surface area contributed by atoms with Crippen LogP contribution in [0.25, 0.3) is 0 Å². The molecule has 2 aliphatic rings. The molecule has 0 aromatic rings. The average Bonchev–Trinajstić information content (AvgIpc) is 2.66. The molecular weight excluding hydrogens is 176 g/mol. The van der Waals surface area contributed by atoms with E-state index in [1.165, 1.54) is 12.5 Å². The van der Waals surface area contributed by atoms with Crippen LogP contribution in [0, 0.1) is 5.41 Å². The predicted octanol–water partition coefficient (Wildman–Crippen LogP) is 1.02. The van der Waals surface area contributed by atoms with Crippen molar-refractivity contribution in [2.45, 2.75) is 20.3 Å². The first kappa shape index (κ1) is 11.2. The highest BCUT2D eigenvalue weighted by molar-refractivity contribution is 5.87. The number of rotatable bonds is 1. The predicted molar refractivity (Wildman–Crippen MR) is 58.0 cm³/mol. The highest BCUT2D eigenvalue weighted by Crippen LogP contribution is 2.35. The fraction of sp³-hybridized carbons (Fsp3) is 0.727. The maximum atomic E-state index is 11.1. The van der Waals surface area contributed by atoms with Gasteiger partial charge in [0.05, 0.1) is 0 Å². The topological polar surface area (TPSA) is 32.3 Å². The lowest BCUT2D eigenvalue weighted by Gasteiger charge is -2.47. The van der Waals surface area contributed by atoms with Crippen LogP contribution < -0.4 is 5.32 Å². The third-order valence-electron chi connectivity index (χ3n) is 2.87. The van der Waals surface area contributed by atoms with Gasteiger partial charge in [-0.15, -0.1) is 0 Å². The van der Waals surface area contributed by atoms with Gasteiger partial charge in [0.2, 0.25) is 5.91 Å². The molecule has 80 valence electrons. The van der Waals surface area contributed by atoms with E-state index in [1.54, 1.807) is 0 Å². The Hall–Kier alpha value is -0.830. The van der Waals surface area contributed by atoms with Crippen LogP contribution in [0.3, 0.4) is 0 Å². The maximum absolute atomic E-state index is 11.1. The molecule has 0 aromatic carbocycles. The van der Waals surface area contributed by atoms with E-state index < -0.39 is 0 Å². The third kappa shape index (κ3) is 1.98. The molecule has 2 rings (SSSR count). The molecule has 1 N–H and O–H groups in total. The summed E-state index contributed by atoms with van der Waals surface area (Å²) in [7, 11) is 0. The molecule has 0 unspecified atom stereocenters. The molecule has 2 fully saturated rings. The first-order chi connectivity index (χ1) is 6.76. The molecular formula is C11H20N2O. The van der Waals surface area contributed by atoms with E-state index in [9.17, 15) is 4.79 Å². The van der Waals surface area contributed by atoms with Gasteiger partial charge in [-0.05, 0) is 19.0 Å². The van der Waals surface area contributed by atoms with Crippen LogP contribution in [0.5, 0.6) is 0 Å². The lowest BCUT2D eigenvalue weighted by molar-refractivity contribution is -0.136. The molecule has 2 aliphatic heterocycles. The summed E-state index contributed by atoms with van der Waals surface area (Å²) in [6.07, 6.45) is 2.61. The molecule has 1 amide bonds. The molecule has 0 aromatic heterocycles. The Kier molecular flexibility index (Phi) is 3.69. The van der Waals surface area contributed by atoms with Crippen molar-refractivity contribution in [3.8, 4) is 0 Å². The van der Waals surface area contributed by atoms with Gasteiger partial charge in [0.1, 0.15) is 0 Å². The fourth-order valence-corrected chi connectivity index (χ4v) is 2.11. The molecule has 0 saturated carbocycles. The molecule has 3 heteroatoms. The number of nitrogens with one attached hydrogen (secondary N) is 1. The molecule has 2 heterocycles. The molecule has 0 bridgehead atoms. The zero-order valence-electron chi connectivity index (χ0n) is 9.18. The van der Waals surface area contributed by atoms with Crippen LogP contribution in [0.2, 0.25) is 0 Å². The second-order valence-electron chi connectivity index (χ2n) is 3.83. The van der Waals surface area contributed by atoms with E-state index in [-0.39, 0.29) is 5.91 Å². The number of carbonyl (C=O) groups excluding carboxylic acids is 1. The second-order valence-corrected chi connectivity index (χ2v) is 3.83. The largest absolute Gasteiger partial charge is 0.338 e. The number of hydrogen-bond acceptors (Lipinski definition) is 2. The van der Waals surface area contributed by atoms with Crippen molar-refractivity contribution in [3.63, 3.8) is 0 Å². The molecule has 14 heavy (non-hydrogen) atoms. The normalized spacial score (nSPS) is 22.3. The minimum atomic E-state index is 0.0764. The Labute approximate surface area is 86.2 Å². The minimum absolute atomic E-state index is 0.0764. The van der Waals surface area contributed by atoms with Crippen LogP contribution in [-0.2, 0) is 4.79 Å². The Morgan fingerprint density at radius 2 is 2.14 bits per heavy atom. The highest BCUT2D eigenvalue weighted by atomic mass is 16.2. The standard InChI is InChI=1S/C9H14N2O.C2H6/c1-2-8(12)11-6-9(7-11)3-4-10-5-9;1-2/h2,10H,1,3-7H2;1-2H3. The van der Waals surface area contributed by atoms with Crippen molar-refractivity contribution >= 4 is 5.91 Å². The Balaban J connectivity index is 0.000000461. The van der Waals surface area contributed by atoms with E-state index in [0.717, 1.165) is 26.2 Å². The summed E-state index contributed by atoms with van der Waals surface area (Å²) < 4.78 is 0. The van der Waals surface area contributed by atoms with Gasteiger partial charge in [-0.1, -0.05) is 20.4 Å². The molecule has 0 atom stereocenters. The van der Waals surface area contributed by atoms with Gasteiger partial charge in [0, 0.05) is 25.0 Å². The van der Waals surface area contributed by atoms with Crippen LogP contribution in [0.15, 0.2) is 12.7 Å². The highest BCUT2D eigenvalue weighted by Gasteiger charge is 2.45. The molecule has 1 spiro atoms. The van der Waals surface area contributed by atoms with Gasteiger partial charge < -0.3 is 10.2 Å². The zero-order valence-corrected chi connectivity index (χ0v) is 9.18. The summed E-state index contributed by atoms with van der Waals surface area (Å²) in [5, 5.41) is 3.33. The molecule has 3 nitrogen and oxygen atoms in total. The van der Waals surface area contributed by atoms with Crippen molar-refractivity contribution in [1.29, 1.82) is 0 Å². The smallest absolute Gasteiger partial charge is 0.245 e. The van der Waals surface area contributed by atoms with Gasteiger partial charge in [-0.3, -0.25) is 4.79 Å².